The van der Waals surface area contributed by atoms with Crippen LogP contribution in [0, 0.1) is 0 Å². The Kier molecular flexibility index (Phi) is 7.36. The van der Waals surface area contributed by atoms with E-state index in [0.29, 0.717) is 0 Å². The van der Waals surface area contributed by atoms with Crippen LogP contribution in [0.25, 0.3) is 0 Å². The van der Waals surface area contributed by atoms with Crippen molar-refractivity contribution in [3.8, 4) is 0 Å². The fourth-order valence-corrected chi connectivity index (χ4v) is 8.52. The third-order valence-electron chi connectivity index (χ3n) is 4.65. The molecule has 1 radical (unpaired) electrons. The monoisotopic (exact) mass is 464 g/mol. The van der Waals surface area contributed by atoms with Gasteiger partial charge in [0, 0.05) is 19.5 Å². The van der Waals surface area contributed by atoms with Crippen molar-refractivity contribution >= 4 is 34.7 Å². The summed E-state index contributed by atoms with van der Waals surface area (Å²) >= 11 is 0. The summed E-state index contributed by atoms with van der Waals surface area (Å²) in [6, 6.07) is 30.1. The summed E-state index contributed by atoms with van der Waals surface area (Å²) < 4.78 is 0. The topological polar surface area (TPSA) is 34.1 Å². The van der Waals surface area contributed by atoms with Gasteiger partial charge in [-0.25, -0.2) is 0 Å². The SMILES string of the molecule is CC(=O)C(C(C)=O)[P+](c1ccccc1)(c1ccccc1)c1ccccc1.[Rh]. The number of carbonyl (C=O) groups excluding carboxylic acids is 2. The zero-order chi connectivity index (χ0) is 18.6. The Morgan fingerprint density at radius 3 is 1.07 bits per heavy atom. The molecule has 0 N–H and O–H groups in total. The minimum absolute atomic E-state index is 0. The smallest absolute Gasteiger partial charge is 0.198 e. The number of hydrogen-bond acceptors (Lipinski definition) is 2. The van der Waals surface area contributed by atoms with Gasteiger partial charge < -0.3 is 0 Å². The molecule has 3 rings (SSSR count). The van der Waals surface area contributed by atoms with Crippen molar-refractivity contribution in [2.24, 2.45) is 0 Å². The minimum Gasteiger partial charge on any atom is -0.295 e. The van der Waals surface area contributed by atoms with E-state index in [9.17, 15) is 9.59 Å². The molecule has 0 aliphatic heterocycles. The van der Waals surface area contributed by atoms with Gasteiger partial charge in [-0.3, -0.25) is 9.59 Å². The van der Waals surface area contributed by atoms with Crippen LogP contribution in [0.1, 0.15) is 13.8 Å². The molecule has 2 nitrogen and oxygen atoms in total. The Balaban J connectivity index is 0.00000261. The van der Waals surface area contributed by atoms with Gasteiger partial charge in [-0.15, -0.1) is 0 Å². The zero-order valence-corrected chi connectivity index (χ0v) is 17.9. The molecule has 4 heteroatoms. The normalized spacial score (nSPS) is 10.9. The largest absolute Gasteiger partial charge is 0.295 e. The molecule has 0 fully saturated rings. The quantitative estimate of drug-likeness (QED) is 0.318. The second kappa shape index (κ2) is 9.31. The number of benzene rings is 3. The maximum atomic E-state index is 12.8. The van der Waals surface area contributed by atoms with E-state index in [1.807, 2.05) is 91.0 Å². The second-order valence-corrected chi connectivity index (χ2v) is 9.86. The van der Waals surface area contributed by atoms with Crippen LogP contribution in [0.5, 0.6) is 0 Å². The van der Waals surface area contributed by atoms with Gasteiger partial charge in [0.2, 0.25) is 0 Å². The summed E-state index contributed by atoms with van der Waals surface area (Å²) in [6.07, 6.45) is 0. The van der Waals surface area contributed by atoms with Crippen LogP contribution < -0.4 is 15.9 Å². The average Bonchev–Trinajstić information content (AvgIpc) is 2.67. The van der Waals surface area contributed by atoms with Crippen molar-refractivity contribution in [1.29, 1.82) is 0 Å². The second-order valence-electron chi connectivity index (χ2n) is 6.35. The Labute approximate surface area is 174 Å². The third-order valence-corrected chi connectivity index (χ3v) is 9.49. The van der Waals surface area contributed by atoms with Crippen LogP contribution in [0.4, 0.5) is 0 Å². The van der Waals surface area contributed by atoms with Gasteiger partial charge in [0.1, 0.15) is 23.2 Å². The van der Waals surface area contributed by atoms with Gasteiger partial charge in [-0.1, -0.05) is 54.6 Å². The van der Waals surface area contributed by atoms with Gasteiger partial charge in [0.15, 0.2) is 17.2 Å². The van der Waals surface area contributed by atoms with Gasteiger partial charge in [-0.05, 0) is 50.2 Å². The van der Waals surface area contributed by atoms with Gasteiger partial charge in [0.05, 0.1) is 0 Å². The summed E-state index contributed by atoms with van der Waals surface area (Å²) in [5.74, 6) is -0.162. The Morgan fingerprint density at radius 2 is 0.852 bits per heavy atom. The first-order valence-corrected chi connectivity index (χ1v) is 10.5. The van der Waals surface area contributed by atoms with E-state index in [0.717, 1.165) is 15.9 Å². The van der Waals surface area contributed by atoms with E-state index in [-0.39, 0.29) is 31.0 Å². The summed E-state index contributed by atoms with van der Waals surface area (Å²) in [4.78, 5) is 25.5. The predicted octanol–water partition coefficient (Wildman–Crippen LogP) is 3.52. The maximum absolute atomic E-state index is 12.8. The van der Waals surface area contributed by atoms with Gasteiger partial charge >= 0.3 is 0 Å². The molecular formula is C23H22O2PRh+. The summed E-state index contributed by atoms with van der Waals surface area (Å²) in [5.41, 5.74) is -0.685. The number of ketones is 2. The Morgan fingerprint density at radius 1 is 0.593 bits per heavy atom. The van der Waals surface area contributed by atoms with Crippen LogP contribution in [-0.4, -0.2) is 17.2 Å². The molecule has 0 aliphatic rings. The first-order valence-electron chi connectivity index (χ1n) is 8.65. The molecule has 0 spiro atoms. The summed E-state index contributed by atoms with van der Waals surface area (Å²) in [7, 11) is -2.47. The number of hydrogen-bond donors (Lipinski definition) is 0. The van der Waals surface area contributed by atoms with Crippen LogP contribution in [-0.2, 0) is 29.1 Å². The molecule has 139 valence electrons. The zero-order valence-electron chi connectivity index (χ0n) is 15.3. The van der Waals surface area contributed by atoms with E-state index in [4.69, 9.17) is 0 Å². The van der Waals surface area contributed by atoms with Crippen molar-refractivity contribution in [2.45, 2.75) is 19.5 Å². The molecule has 0 heterocycles. The van der Waals surface area contributed by atoms with E-state index in [1.54, 1.807) is 0 Å². The van der Waals surface area contributed by atoms with Gasteiger partial charge in [0.25, 0.3) is 0 Å². The fourth-order valence-electron chi connectivity index (χ4n) is 3.72. The first-order chi connectivity index (χ1) is 12.6. The van der Waals surface area contributed by atoms with Crippen molar-refractivity contribution in [3.63, 3.8) is 0 Å². The minimum atomic E-state index is -2.47. The van der Waals surface area contributed by atoms with Crippen molar-refractivity contribution in [1.82, 2.24) is 0 Å². The van der Waals surface area contributed by atoms with Crippen LogP contribution in [0.15, 0.2) is 91.0 Å². The number of rotatable bonds is 6. The fraction of sp³-hybridized carbons (Fsp3) is 0.130. The van der Waals surface area contributed by atoms with E-state index < -0.39 is 12.9 Å². The molecule has 3 aromatic rings. The number of Topliss-reactive ketones (excluding diaryl/α,β-unsaturated/α-hetero) is 2. The van der Waals surface area contributed by atoms with E-state index in [2.05, 4.69) is 0 Å². The Bertz CT molecular complexity index is 785. The first kappa shape index (κ1) is 21.4. The molecule has 0 saturated heterocycles. The van der Waals surface area contributed by atoms with Crippen molar-refractivity contribution in [3.05, 3.63) is 91.0 Å². The Hall–Kier alpha value is -1.95. The van der Waals surface area contributed by atoms with E-state index >= 15 is 0 Å². The standard InChI is InChI=1S/C23H22O2P.Rh/c1-18(24)23(19(2)25)26(20-12-6-3-7-13-20,21-14-8-4-9-15-21)22-16-10-5-11-17-22;/h3-17,23H,1-2H3;/q+1;. The molecule has 0 aliphatic carbocycles. The van der Waals surface area contributed by atoms with Crippen LogP contribution in [0.3, 0.4) is 0 Å². The maximum Gasteiger partial charge on any atom is 0.198 e. The number of carbonyl (C=O) groups is 2. The molecular weight excluding hydrogens is 442 g/mol. The van der Waals surface area contributed by atoms with Gasteiger partial charge in [-0.2, -0.15) is 0 Å². The average molecular weight is 464 g/mol. The molecule has 0 bridgehead atoms. The predicted molar refractivity (Wildman–Crippen MR) is 110 cm³/mol. The van der Waals surface area contributed by atoms with E-state index in [1.165, 1.54) is 13.8 Å². The molecule has 0 atom stereocenters. The van der Waals surface area contributed by atoms with Crippen LogP contribution >= 0.6 is 7.26 Å². The van der Waals surface area contributed by atoms with Crippen LogP contribution in [0.2, 0.25) is 0 Å². The molecule has 0 amide bonds. The van der Waals surface area contributed by atoms with Crippen molar-refractivity contribution in [2.75, 3.05) is 0 Å². The molecule has 27 heavy (non-hydrogen) atoms. The molecule has 3 aromatic carbocycles. The summed E-state index contributed by atoms with van der Waals surface area (Å²) in [6.45, 7) is 3.07. The molecule has 0 aromatic heterocycles. The molecule has 0 unspecified atom stereocenters. The molecule has 0 saturated carbocycles. The third kappa shape index (κ3) is 4.00. The van der Waals surface area contributed by atoms with Crippen molar-refractivity contribution < 1.29 is 29.1 Å². The summed E-state index contributed by atoms with van der Waals surface area (Å²) in [5, 5.41) is 3.15.